The van der Waals surface area contributed by atoms with E-state index < -0.39 is 0 Å². The molecule has 0 radical (unpaired) electrons. The maximum atomic E-state index is 14.5. The molecule has 2 heteroatoms. The molecule has 1 aromatic heterocycles. The first-order valence-electron chi connectivity index (χ1n) is 7.63. The van der Waals surface area contributed by atoms with Gasteiger partial charge >= 0.3 is 137 Å². The van der Waals surface area contributed by atoms with E-state index in [9.17, 15) is 4.39 Å². The van der Waals surface area contributed by atoms with Crippen LogP contribution in [0.4, 0.5) is 4.39 Å². The molecule has 0 saturated carbocycles. The number of aryl methyl sites for hydroxylation is 2. The van der Waals surface area contributed by atoms with Gasteiger partial charge in [0.25, 0.3) is 0 Å². The van der Waals surface area contributed by atoms with Gasteiger partial charge in [0.15, 0.2) is 0 Å². The molecule has 0 unspecified atom stereocenters. The van der Waals surface area contributed by atoms with Crippen LogP contribution in [0.15, 0.2) is 54.6 Å². The van der Waals surface area contributed by atoms with Crippen molar-refractivity contribution in [2.45, 2.75) is 26.7 Å². The summed E-state index contributed by atoms with van der Waals surface area (Å²) in [5, 5.41) is 0. The molecule has 0 aliphatic carbocycles. The van der Waals surface area contributed by atoms with Crippen molar-refractivity contribution < 1.29 is 4.39 Å². The van der Waals surface area contributed by atoms with Crippen LogP contribution in [-0.2, 0) is 6.42 Å². The summed E-state index contributed by atoms with van der Waals surface area (Å²) >= 11 is 0.268. The van der Waals surface area contributed by atoms with Gasteiger partial charge in [0.05, 0.1) is 0 Å². The molecule has 0 aliphatic rings. The summed E-state index contributed by atoms with van der Waals surface area (Å²) in [4.78, 5) is 0. The van der Waals surface area contributed by atoms with Crippen molar-refractivity contribution in [2.75, 3.05) is 0 Å². The topological polar surface area (TPSA) is 0 Å². The molecular weight excluding hydrogens is 338 g/mol. The van der Waals surface area contributed by atoms with Gasteiger partial charge in [0.1, 0.15) is 0 Å². The molecule has 0 N–H and O–H groups in total. The normalized spacial score (nSPS) is 10.9. The van der Waals surface area contributed by atoms with Crippen molar-refractivity contribution in [1.29, 1.82) is 0 Å². The average Bonchev–Trinajstić information content (AvgIpc) is 2.94. The number of rotatable bonds is 4. The molecule has 3 rings (SSSR count). The number of hydrogen-bond acceptors (Lipinski definition) is 0. The van der Waals surface area contributed by atoms with E-state index in [0.29, 0.717) is 0 Å². The predicted molar refractivity (Wildman–Crippen MR) is 92.9 cm³/mol. The Morgan fingerprint density at radius 2 is 1.64 bits per heavy atom. The summed E-state index contributed by atoms with van der Waals surface area (Å²) in [6, 6.07) is 18.2. The Bertz CT molecular complexity index is 769. The molecule has 3 aromatic rings. The van der Waals surface area contributed by atoms with Gasteiger partial charge in [0.2, 0.25) is 0 Å². The van der Waals surface area contributed by atoms with Crippen LogP contribution in [0.1, 0.15) is 23.3 Å². The van der Waals surface area contributed by atoms with Crippen LogP contribution in [0.2, 0.25) is 0 Å². The Labute approximate surface area is 137 Å². The van der Waals surface area contributed by atoms with Crippen molar-refractivity contribution >= 4 is 14.5 Å². The second-order valence-electron chi connectivity index (χ2n) is 5.55. The molecule has 0 atom stereocenters. The van der Waals surface area contributed by atoms with E-state index >= 15 is 0 Å². The van der Waals surface area contributed by atoms with Crippen LogP contribution in [0.3, 0.4) is 0 Å². The first-order chi connectivity index (χ1) is 10.7. The molecule has 22 heavy (non-hydrogen) atoms. The Hall–Kier alpha value is -1.63. The minimum absolute atomic E-state index is 0.119. The number of benzene rings is 2. The molecule has 0 amide bonds. The minimum atomic E-state index is -0.119. The molecular formula is C20H19FSe. The van der Waals surface area contributed by atoms with E-state index in [-0.39, 0.29) is 20.3 Å². The third-order valence-electron chi connectivity index (χ3n) is 3.80. The molecule has 2 aromatic carbocycles. The molecule has 0 bridgehead atoms. The van der Waals surface area contributed by atoms with Crippen LogP contribution >= 0.6 is 0 Å². The molecule has 112 valence electrons. The summed E-state index contributed by atoms with van der Waals surface area (Å²) in [6.07, 6.45) is 2.24. The standard InChI is InChI=1S/C20H19FSe/c1-3-4-15-6-8-16(9-7-15)17-10-11-18(19(21)13-17)20-12-5-14(2)22-20/h5-13H,3-4H2,1-2H3. The van der Waals surface area contributed by atoms with Crippen molar-refractivity contribution in [2.24, 2.45) is 0 Å². The third-order valence-corrected chi connectivity index (χ3v) is 5.97. The van der Waals surface area contributed by atoms with E-state index in [4.69, 9.17) is 0 Å². The summed E-state index contributed by atoms with van der Waals surface area (Å²) in [5.74, 6) is -0.119. The molecule has 0 spiro atoms. The fourth-order valence-electron chi connectivity index (χ4n) is 2.63. The second kappa shape index (κ2) is 6.64. The van der Waals surface area contributed by atoms with Gasteiger partial charge in [-0.1, -0.05) is 0 Å². The summed E-state index contributed by atoms with van der Waals surface area (Å²) < 4.78 is 16.9. The summed E-state index contributed by atoms with van der Waals surface area (Å²) in [7, 11) is 0. The SMILES string of the molecule is CCCc1ccc(-c2ccc(-c3ccc(C)[se]3)c(F)c2)cc1. The van der Waals surface area contributed by atoms with Crippen molar-refractivity contribution in [1.82, 2.24) is 0 Å². The second-order valence-corrected chi connectivity index (χ2v) is 8.25. The quantitative estimate of drug-likeness (QED) is 0.543. The Balaban J connectivity index is 1.91. The molecule has 0 saturated heterocycles. The van der Waals surface area contributed by atoms with Crippen LogP contribution < -0.4 is 0 Å². The summed E-state index contributed by atoms with van der Waals surface area (Å²) in [5.41, 5.74) is 4.11. The van der Waals surface area contributed by atoms with Gasteiger partial charge in [-0.05, 0) is 0 Å². The van der Waals surface area contributed by atoms with Gasteiger partial charge < -0.3 is 0 Å². The third kappa shape index (κ3) is 3.24. The van der Waals surface area contributed by atoms with Crippen LogP contribution in [0.5, 0.6) is 0 Å². The Morgan fingerprint density at radius 1 is 0.909 bits per heavy atom. The number of hydrogen-bond donors (Lipinski definition) is 0. The van der Waals surface area contributed by atoms with Gasteiger partial charge in [-0.2, -0.15) is 0 Å². The van der Waals surface area contributed by atoms with E-state index in [1.54, 1.807) is 6.07 Å². The van der Waals surface area contributed by atoms with E-state index in [0.717, 1.165) is 34.0 Å². The Kier molecular flexibility index (Phi) is 4.61. The van der Waals surface area contributed by atoms with Gasteiger partial charge in [-0.15, -0.1) is 0 Å². The predicted octanol–water partition coefficient (Wildman–Crippen LogP) is 5.48. The fraction of sp³-hybridized carbons (Fsp3) is 0.200. The van der Waals surface area contributed by atoms with Gasteiger partial charge in [0, 0.05) is 0 Å². The zero-order valence-corrected chi connectivity index (χ0v) is 14.6. The van der Waals surface area contributed by atoms with Crippen molar-refractivity contribution in [3.63, 3.8) is 0 Å². The van der Waals surface area contributed by atoms with Crippen molar-refractivity contribution in [3.8, 4) is 21.1 Å². The van der Waals surface area contributed by atoms with Gasteiger partial charge in [-0.3, -0.25) is 0 Å². The van der Waals surface area contributed by atoms with Crippen LogP contribution in [0, 0.1) is 12.7 Å². The summed E-state index contributed by atoms with van der Waals surface area (Å²) in [6.45, 7) is 4.28. The van der Waals surface area contributed by atoms with Crippen LogP contribution in [0.25, 0.3) is 21.1 Å². The van der Waals surface area contributed by atoms with Crippen molar-refractivity contribution in [3.05, 3.63) is 70.4 Å². The zero-order valence-electron chi connectivity index (χ0n) is 12.9. The van der Waals surface area contributed by atoms with E-state index in [1.165, 1.54) is 10.0 Å². The van der Waals surface area contributed by atoms with E-state index in [1.807, 2.05) is 18.2 Å². The maximum absolute atomic E-state index is 14.5. The first-order valence-corrected chi connectivity index (χ1v) is 9.34. The molecule has 0 aliphatic heterocycles. The Morgan fingerprint density at radius 3 is 2.23 bits per heavy atom. The number of halogens is 1. The molecule has 1 heterocycles. The van der Waals surface area contributed by atoms with Gasteiger partial charge in [-0.25, -0.2) is 0 Å². The first kappa shape index (κ1) is 15.3. The average molecular weight is 357 g/mol. The molecule has 0 fully saturated rings. The monoisotopic (exact) mass is 358 g/mol. The zero-order chi connectivity index (χ0) is 15.5. The van der Waals surface area contributed by atoms with E-state index in [2.05, 4.69) is 44.2 Å². The van der Waals surface area contributed by atoms with Crippen LogP contribution in [-0.4, -0.2) is 14.5 Å². The fourth-order valence-corrected chi connectivity index (χ4v) is 4.50. The molecule has 0 nitrogen and oxygen atoms in total.